The zero-order valence-corrected chi connectivity index (χ0v) is 12.6. The maximum atomic E-state index is 12.2. The highest BCUT2D eigenvalue weighted by Crippen LogP contribution is 2.24. The average Bonchev–Trinajstić information content (AvgIpc) is 2.83. The van der Waals surface area contributed by atoms with Crippen molar-refractivity contribution in [2.24, 2.45) is 7.05 Å². The molecular formula is C15H19N3O4. The maximum absolute atomic E-state index is 12.2. The Hall–Kier alpha value is -2.54. The lowest BCUT2D eigenvalue weighted by Crippen LogP contribution is -2.25. The molecule has 2 rings (SSSR count). The summed E-state index contributed by atoms with van der Waals surface area (Å²) >= 11 is 0. The SMILES string of the molecule is C[C@H](O)[C@H](C)Oc1cc(O)cc(C(=O)Nc2ccn(C)n2)c1. The molecular weight excluding hydrogens is 286 g/mol. The summed E-state index contributed by atoms with van der Waals surface area (Å²) in [7, 11) is 1.74. The highest BCUT2D eigenvalue weighted by molar-refractivity contribution is 6.04. The average molecular weight is 305 g/mol. The smallest absolute Gasteiger partial charge is 0.257 e. The van der Waals surface area contributed by atoms with Crippen LogP contribution in [0.1, 0.15) is 24.2 Å². The molecule has 0 saturated carbocycles. The normalized spacial score (nSPS) is 13.5. The van der Waals surface area contributed by atoms with E-state index in [-0.39, 0.29) is 11.3 Å². The van der Waals surface area contributed by atoms with Gasteiger partial charge in [0.25, 0.3) is 5.91 Å². The van der Waals surface area contributed by atoms with Crippen LogP contribution in [0.25, 0.3) is 0 Å². The van der Waals surface area contributed by atoms with E-state index in [1.54, 1.807) is 37.8 Å². The summed E-state index contributed by atoms with van der Waals surface area (Å²) in [6.45, 7) is 3.30. The lowest BCUT2D eigenvalue weighted by molar-refractivity contribution is 0.0602. The molecule has 7 heteroatoms. The minimum absolute atomic E-state index is 0.0959. The van der Waals surface area contributed by atoms with Gasteiger partial charge in [-0.05, 0) is 26.0 Å². The number of phenolic OH excluding ortho intramolecular Hbond substituents is 1. The van der Waals surface area contributed by atoms with E-state index in [1.807, 2.05) is 0 Å². The van der Waals surface area contributed by atoms with E-state index in [9.17, 15) is 15.0 Å². The molecule has 7 nitrogen and oxygen atoms in total. The van der Waals surface area contributed by atoms with Gasteiger partial charge < -0.3 is 20.3 Å². The van der Waals surface area contributed by atoms with Crippen LogP contribution in [0, 0.1) is 0 Å². The van der Waals surface area contributed by atoms with Gasteiger partial charge in [0.15, 0.2) is 5.82 Å². The number of aliphatic hydroxyl groups is 1. The second-order valence-electron chi connectivity index (χ2n) is 5.11. The van der Waals surface area contributed by atoms with Gasteiger partial charge in [-0.1, -0.05) is 0 Å². The van der Waals surface area contributed by atoms with Gasteiger partial charge in [0.2, 0.25) is 0 Å². The van der Waals surface area contributed by atoms with Crippen LogP contribution in [-0.4, -0.2) is 38.1 Å². The van der Waals surface area contributed by atoms with E-state index < -0.39 is 18.1 Å². The van der Waals surface area contributed by atoms with Gasteiger partial charge in [-0.2, -0.15) is 5.10 Å². The zero-order chi connectivity index (χ0) is 16.3. The molecule has 0 saturated heterocycles. The molecule has 3 N–H and O–H groups in total. The minimum atomic E-state index is -0.673. The van der Waals surface area contributed by atoms with Gasteiger partial charge >= 0.3 is 0 Å². The van der Waals surface area contributed by atoms with Crippen molar-refractivity contribution in [2.45, 2.75) is 26.1 Å². The van der Waals surface area contributed by atoms with Crippen molar-refractivity contribution >= 4 is 11.7 Å². The van der Waals surface area contributed by atoms with Gasteiger partial charge in [0.1, 0.15) is 17.6 Å². The molecule has 1 aromatic heterocycles. The molecule has 1 aromatic carbocycles. The van der Waals surface area contributed by atoms with Gasteiger partial charge in [-0.15, -0.1) is 0 Å². The number of nitrogens with one attached hydrogen (secondary N) is 1. The third-order valence-corrected chi connectivity index (χ3v) is 3.11. The summed E-state index contributed by atoms with van der Waals surface area (Å²) in [5.74, 6) is 0.209. The molecule has 22 heavy (non-hydrogen) atoms. The van der Waals surface area contributed by atoms with E-state index in [1.165, 1.54) is 18.2 Å². The predicted molar refractivity (Wildman–Crippen MR) is 81.0 cm³/mol. The standard InChI is InChI=1S/C15H19N3O4/c1-9(19)10(2)22-13-7-11(6-12(20)8-13)15(21)16-14-4-5-18(3)17-14/h4-10,19-20H,1-3H3,(H,16,17,21)/t9-,10-/m0/s1. The number of carbonyl (C=O) groups is 1. The van der Waals surface area contributed by atoms with Gasteiger partial charge in [-0.3, -0.25) is 9.48 Å². The van der Waals surface area contributed by atoms with Crippen LogP contribution in [0.4, 0.5) is 5.82 Å². The number of rotatable bonds is 5. The Balaban J connectivity index is 2.16. The number of anilines is 1. The van der Waals surface area contributed by atoms with Crippen molar-refractivity contribution in [1.82, 2.24) is 9.78 Å². The zero-order valence-electron chi connectivity index (χ0n) is 12.6. The number of carbonyl (C=O) groups excluding carboxylic acids is 1. The van der Waals surface area contributed by atoms with Crippen molar-refractivity contribution in [2.75, 3.05) is 5.32 Å². The number of amides is 1. The number of nitrogens with zero attached hydrogens (tertiary/aromatic N) is 2. The van der Waals surface area contributed by atoms with Crippen LogP contribution in [0.5, 0.6) is 11.5 Å². The van der Waals surface area contributed by atoms with Crippen molar-refractivity contribution < 1.29 is 19.7 Å². The molecule has 118 valence electrons. The van der Waals surface area contributed by atoms with Crippen molar-refractivity contribution in [1.29, 1.82) is 0 Å². The van der Waals surface area contributed by atoms with E-state index in [2.05, 4.69) is 10.4 Å². The molecule has 2 aromatic rings. The van der Waals surface area contributed by atoms with Crippen LogP contribution in [0.3, 0.4) is 0 Å². The lowest BCUT2D eigenvalue weighted by Gasteiger charge is -2.17. The van der Waals surface area contributed by atoms with Crippen molar-refractivity contribution in [3.8, 4) is 11.5 Å². The van der Waals surface area contributed by atoms with E-state index in [0.29, 0.717) is 11.6 Å². The molecule has 1 heterocycles. The first-order chi connectivity index (χ1) is 10.3. The van der Waals surface area contributed by atoms with Crippen LogP contribution >= 0.6 is 0 Å². The van der Waals surface area contributed by atoms with Gasteiger partial charge in [0.05, 0.1) is 6.10 Å². The molecule has 2 atom stereocenters. The summed E-state index contributed by atoms with van der Waals surface area (Å²) in [6.07, 6.45) is 0.568. The Bertz CT molecular complexity index is 667. The van der Waals surface area contributed by atoms with Gasteiger partial charge in [-0.25, -0.2) is 0 Å². The quantitative estimate of drug-likeness (QED) is 0.778. The van der Waals surface area contributed by atoms with E-state index in [0.717, 1.165) is 0 Å². The second kappa shape index (κ2) is 6.48. The first-order valence-corrected chi connectivity index (χ1v) is 6.85. The number of aryl methyl sites for hydroxylation is 1. The molecule has 1 amide bonds. The molecule has 0 unspecified atom stereocenters. The van der Waals surface area contributed by atoms with Crippen molar-refractivity contribution in [3.63, 3.8) is 0 Å². The number of aromatic nitrogens is 2. The van der Waals surface area contributed by atoms with Crippen LogP contribution in [0.2, 0.25) is 0 Å². The molecule has 0 spiro atoms. The third-order valence-electron chi connectivity index (χ3n) is 3.11. The fourth-order valence-corrected chi connectivity index (χ4v) is 1.77. The van der Waals surface area contributed by atoms with Crippen LogP contribution < -0.4 is 10.1 Å². The fraction of sp³-hybridized carbons (Fsp3) is 0.333. The summed E-state index contributed by atoms with van der Waals surface area (Å²) < 4.78 is 7.06. The Kier molecular flexibility index (Phi) is 4.67. The Morgan fingerprint density at radius 3 is 2.68 bits per heavy atom. The predicted octanol–water partition coefficient (Wildman–Crippen LogP) is 1.53. The third kappa shape index (κ3) is 3.98. The number of phenols is 1. The summed E-state index contributed by atoms with van der Waals surface area (Å²) in [6, 6.07) is 5.87. The van der Waals surface area contributed by atoms with E-state index in [4.69, 9.17) is 4.74 Å². The second-order valence-corrected chi connectivity index (χ2v) is 5.11. The Morgan fingerprint density at radius 1 is 1.36 bits per heavy atom. The first-order valence-electron chi connectivity index (χ1n) is 6.85. The summed E-state index contributed by atoms with van der Waals surface area (Å²) in [4.78, 5) is 12.2. The Morgan fingerprint density at radius 2 is 2.09 bits per heavy atom. The van der Waals surface area contributed by atoms with Crippen LogP contribution in [-0.2, 0) is 7.05 Å². The number of hydrogen-bond acceptors (Lipinski definition) is 5. The summed E-state index contributed by atoms with van der Waals surface area (Å²) in [5, 5.41) is 25.8. The largest absolute Gasteiger partial charge is 0.508 e. The number of benzene rings is 1. The molecule has 0 radical (unpaired) electrons. The molecule has 0 bridgehead atoms. The maximum Gasteiger partial charge on any atom is 0.257 e. The molecule has 0 fully saturated rings. The highest BCUT2D eigenvalue weighted by Gasteiger charge is 2.14. The number of aromatic hydroxyl groups is 1. The monoisotopic (exact) mass is 305 g/mol. The number of hydrogen-bond donors (Lipinski definition) is 3. The lowest BCUT2D eigenvalue weighted by atomic mass is 10.2. The number of aliphatic hydroxyl groups excluding tert-OH is 1. The fourth-order valence-electron chi connectivity index (χ4n) is 1.77. The highest BCUT2D eigenvalue weighted by atomic mass is 16.5. The topological polar surface area (TPSA) is 96.6 Å². The van der Waals surface area contributed by atoms with E-state index >= 15 is 0 Å². The molecule has 0 aliphatic heterocycles. The molecule has 0 aliphatic rings. The van der Waals surface area contributed by atoms with Crippen LogP contribution in [0.15, 0.2) is 30.5 Å². The molecule has 0 aliphatic carbocycles. The van der Waals surface area contributed by atoms with Crippen molar-refractivity contribution in [3.05, 3.63) is 36.0 Å². The summed E-state index contributed by atoms with van der Waals surface area (Å²) in [5.41, 5.74) is 0.235. The first kappa shape index (κ1) is 15.8. The number of ether oxygens (including phenoxy) is 1. The minimum Gasteiger partial charge on any atom is -0.508 e. The van der Waals surface area contributed by atoms with Gasteiger partial charge in [0, 0.05) is 30.9 Å². The Labute approximate surface area is 128 Å².